The van der Waals surface area contributed by atoms with E-state index in [1.54, 1.807) is 6.07 Å². The predicted octanol–water partition coefficient (Wildman–Crippen LogP) is 3.67. The number of hydrogen-bond acceptors (Lipinski definition) is 3. The predicted molar refractivity (Wildman–Crippen MR) is 95.0 cm³/mol. The number of aliphatic hydroxyl groups is 1. The number of halogens is 2. The van der Waals surface area contributed by atoms with Crippen molar-refractivity contribution in [1.29, 1.82) is 0 Å². The second kappa shape index (κ2) is 7.65. The summed E-state index contributed by atoms with van der Waals surface area (Å²) in [5.41, 5.74) is 1.75. The number of nitrogens with one attached hydrogen (secondary N) is 1. The first kappa shape index (κ1) is 16.7. The van der Waals surface area contributed by atoms with Gasteiger partial charge in [0.15, 0.2) is 0 Å². The highest BCUT2D eigenvalue weighted by molar-refractivity contribution is 6.42. The maximum atomic E-state index is 11.1. The Labute approximate surface area is 146 Å². The molecule has 122 valence electrons. The molecule has 1 heterocycles. The molecule has 1 aliphatic rings. The van der Waals surface area contributed by atoms with Crippen molar-refractivity contribution in [2.75, 3.05) is 26.2 Å². The van der Waals surface area contributed by atoms with E-state index in [1.807, 2.05) is 42.5 Å². The van der Waals surface area contributed by atoms with Gasteiger partial charge in [0.25, 0.3) is 0 Å². The number of hydrogen-bond donors (Lipinski definition) is 2. The normalized spacial score (nSPS) is 18.6. The fraction of sp³-hybridized carbons (Fsp3) is 0.333. The summed E-state index contributed by atoms with van der Waals surface area (Å²) in [6, 6.07) is 15.3. The molecule has 23 heavy (non-hydrogen) atoms. The van der Waals surface area contributed by atoms with E-state index in [9.17, 15) is 5.11 Å². The van der Waals surface area contributed by atoms with Crippen LogP contribution in [0.2, 0.25) is 10.0 Å². The summed E-state index contributed by atoms with van der Waals surface area (Å²) in [5.74, 6) is 0. The van der Waals surface area contributed by atoms with Crippen LogP contribution in [0.3, 0.4) is 0 Å². The molecule has 2 aromatic rings. The first-order valence-electron chi connectivity index (χ1n) is 7.80. The van der Waals surface area contributed by atoms with Crippen molar-refractivity contribution in [2.24, 2.45) is 0 Å². The first-order valence-corrected chi connectivity index (χ1v) is 8.56. The van der Waals surface area contributed by atoms with Crippen molar-refractivity contribution < 1.29 is 5.11 Å². The molecular weight excluding hydrogens is 331 g/mol. The van der Waals surface area contributed by atoms with E-state index in [0.29, 0.717) is 15.6 Å². The Morgan fingerprint density at radius 2 is 1.65 bits per heavy atom. The fourth-order valence-corrected chi connectivity index (χ4v) is 3.54. The highest BCUT2D eigenvalue weighted by atomic mass is 35.5. The zero-order chi connectivity index (χ0) is 16.2. The Kier molecular flexibility index (Phi) is 5.57. The molecule has 1 fully saturated rings. The van der Waals surface area contributed by atoms with Gasteiger partial charge in [-0.3, -0.25) is 4.90 Å². The van der Waals surface area contributed by atoms with Gasteiger partial charge in [-0.1, -0.05) is 65.7 Å². The highest BCUT2D eigenvalue weighted by Crippen LogP contribution is 2.39. The Bertz CT molecular complexity index is 645. The number of nitrogens with zero attached hydrogens (tertiary/aromatic N) is 1. The second-order valence-corrected chi connectivity index (χ2v) is 6.51. The number of benzene rings is 2. The molecule has 0 unspecified atom stereocenters. The lowest BCUT2D eigenvalue weighted by Gasteiger charge is -2.38. The number of rotatable bonds is 4. The monoisotopic (exact) mass is 350 g/mol. The molecule has 1 aliphatic heterocycles. The second-order valence-electron chi connectivity index (χ2n) is 5.73. The summed E-state index contributed by atoms with van der Waals surface area (Å²) >= 11 is 12.5. The lowest BCUT2D eigenvalue weighted by Crippen LogP contribution is -2.46. The van der Waals surface area contributed by atoms with Crippen LogP contribution in [0.1, 0.15) is 23.3 Å². The molecule has 0 saturated carbocycles. The molecule has 3 nitrogen and oxygen atoms in total. The molecular formula is C18H20Cl2N2O. The summed E-state index contributed by atoms with van der Waals surface area (Å²) in [4.78, 5) is 2.30. The van der Waals surface area contributed by atoms with Crippen LogP contribution in [0.4, 0.5) is 0 Å². The molecule has 2 N–H and O–H groups in total. The Morgan fingerprint density at radius 3 is 2.35 bits per heavy atom. The van der Waals surface area contributed by atoms with E-state index in [1.165, 1.54) is 0 Å². The third-order valence-electron chi connectivity index (χ3n) is 4.29. The number of aliphatic hydroxyl groups excluding tert-OH is 1. The molecule has 0 aliphatic carbocycles. The Hall–Kier alpha value is -1.10. The minimum atomic E-state index is -0.735. The van der Waals surface area contributed by atoms with Crippen molar-refractivity contribution in [2.45, 2.75) is 12.1 Å². The molecule has 1 saturated heterocycles. The van der Waals surface area contributed by atoms with Crippen LogP contribution >= 0.6 is 23.2 Å². The van der Waals surface area contributed by atoms with Crippen molar-refractivity contribution in [1.82, 2.24) is 10.2 Å². The van der Waals surface area contributed by atoms with E-state index >= 15 is 0 Å². The van der Waals surface area contributed by atoms with Gasteiger partial charge in [0.1, 0.15) is 6.10 Å². The van der Waals surface area contributed by atoms with Crippen LogP contribution in [-0.2, 0) is 0 Å². The van der Waals surface area contributed by atoms with Crippen LogP contribution in [-0.4, -0.2) is 36.2 Å². The average molecular weight is 351 g/mol. The standard InChI is InChI=1S/C18H20Cl2N2O/c19-15-8-4-7-14(16(15)20)18(23)17(13-5-2-1-3-6-13)22-11-9-21-10-12-22/h1-8,17-18,21,23H,9-12H2/t17-,18-/m0/s1. The van der Waals surface area contributed by atoms with Gasteiger partial charge in [0.05, 0.1) is 16.1 Å². The van der Waals surface area contributed by atoms with Gasteiger partial charge < -0.3 is 10.4 Å². The van der Waals surface area contributed by atoms with E-state index in [-0.39, 0.29) is 6.04 Å². The maximum Gasteiger partial charge on any atom is 0.100 e. The van der Waals surface area contributed by atoms with Gasteiger partial charge in [-0.25, -0.2) is 0 Å². The van der Waals surface area contributed by atoms with Crippen LogP contribution in [0, 0.1) is 0 Å². The van der Waals surface area contributed by atoms with Gasteiger partial charge in [0, 0.05) is 31.7 Å². The number of piperazine rings is 1. The first-order chi connectivity index (χ1) is 11.2. The largest absolute Gasteiger partial charge is 0.386 e. The van der Waals surface area contributed by atoms with Gasteiger partial charge in [-0.2, -0.15) is 0 Å². The third kappa shape index (κ3) is 3.70. The van der Waals surface area contributed by atoms with Gasteiger partial charge in [0.2, 0.25) is 0 Å². The van der Waals surface area contributed by atoms with Crippen molar-refractivity contribution in [3.05, 3.63) is 69.7 Å². The zero-order valence-corrected chi connectivity index (χ0v) is 14.3. The molecule has 2 aromatic carbocycles. The molecule has 0 aromatic heterocycles. The summed E-state index contributed by atoms with van der Waals surface area (Å²) < 4.78 is 0. The molecule has 2 atom stereocenters. The molecule has 0 amide bonds. The fourth-order valence-electron chi connectivity index (χ4n) is 3.12. The topological polar surface area (TPSA) is 35.5 Å². The smallest absolute Gasteiger partial charge is 0.100 e. The Balaban J connectivity index is 1.98. The van der Waals surface area contributed by atoms with E-state index in [0.717, 1.165) is 31.7 Å². The SMILES string of the molecule is O[C@@H](c1cccc(Cl)c1Cl)[C@H](c1ccccc1)N1CCNCC1. The van der Waals surface area contributed by atoms with Crippen molar-refractivity contribution >= 4 is 23.2 Å². The van der Waals surface area contributed by atoms with E-state index in [4.69, 9.17) is 23.2 Å². The van der Waals surface area contributed by atoms with Crippen molar-refractivity contribution in [3.63, 3.8) is 0 Å². The van der Waals surface area contributed by atoms with Crippen LogP contribution in [0.5, 0.6) is 0 Å². The summed E-state index contributed by atoms with van der Waals surface area (Å²) in [6.45, 7) is 3.60. The minimum absolute atomic E-state index is 0.144. The summed E-state index contributed by atoms with van der Waals surface area (Å²) in [6.07, 6.45) is -0.735. The lowest BCUT2D eigenvalue weighted by molar-refractivity contribution is 0.0402. The molecule has 0 bridgehead atoms. The van der Waals surface area contributed by atoms with Gasteiger partial charge in [-0.15, -0.1) is 0 Å². The van der Waals surface area contributed by atoms with Crippen molar-refractivity contribution in [3.8, 4) is 0 Å². The van der Waals surface area contributed by atoms with Crippen LogP contribution in [0.25, 0.3) is 0 Å². The quantitative estimate of drug-likeness (QED) is 0.882. The molecule has 0 radical (unpaired) electrons. The van der Waals surface area contributed by atoms with E-state index < -0.39 is 6.10 Å². The third-order valence-corrected chi connectivity index (χ3v) is 5.12. The average Bonchev–Trinajstić information content (AvgIpc) is 2.59. The highest BCUT2D eigenvalue weighted by Gasteiger charge is 2.31. The maximum absolute atomic E-state index is 11.1. The minimum Gasteiger partial charge on any atom is -0.386 e. The molecule has 3 rings (SSSR count). The van der Waals surface area contributed by atoms with Gasteiger partial charge >= 0.3 is 0 Å². The molecule has 0 spiro atoms. The van der Waals surface area contributed by atoms with E-state index in [2.05, 4.69) is 10.2 Å². The Morgan fingerprint density at radius 1 is 0.957 bits per heavy atom. The zero-order valence-electron chi connectivity index (χ0n) is 12.8. The molecule has 5 heteroatoms. The van der Waals surface area contributed by atoms with Crippen LogP contribution < -0.4 is 5.32 Å². The summed E-state index contributed by atoms with van der Waals surface area (Å²) in [5, 5.41) is 15.3. The van der Waals surface area contributed by atoms with Gasteiger partial charge in [-0.05, 0) is 11.6 Å². The lowest BCUT2D eigenvalue weighted by atomic mass is 9.94. The van der Waals surface area contributed by atoms with Crippen LogP contribution in [0.15, 0.2) is 48.5 Å². The summed E-state index contributed by atoms with van der Waals surface area (Å²) in [7, 11) is 0.